The van der Waals surface area contributed by atoms with Crippen LogP contribution in [0.1, 0.15) is 38.5 Å². The Morgan fingerprint density at radius 2 is 1.67 bits per heavy atom. The fourth-order valence-corrected chi connectivity index (χ4v) is 3.08. The second-order valence-corrected chi connectivity index (χ2v) is 4.77. The molecule has 2 rings (SSSR count). The lowest BCUT2D eigenvalue weighted by Gasteiger charge is -2.49. The van der Waals surface area contributed by atoms with Gasteiger partial charge in [-0.1, -0.05) is 6.42 Å². The molecular formula is C11H18O4. The molecule has 0 bridgehead atoms. The first-order chi connectivity index (χ1) is 7.11. The number of hydrogen-bond acceptors (Lipinski definition) is 3. The van der Waals surface area contributed by atoms with Gasteiger partial charge in [0, 0.05) is 18.6 Å². The fraction of sp³-hybridized carbons (Fsp3) is 0.909. The maximum absolute atomic E-state index is 11.3. The molecule has 4 nitrogen and oxygen atoms in total. The minimum absolute atomic E-state index is 0.391. The molecular weight excluding hydrogens is 196 g/mol. The molecule has 1 aliphatic heterocycles. The van der Waals surface area contributed by atoms with Crippen LogP contribution in [0.5, 0.6) is 0 Å². The minimum Gasteiger partial charge on any atom is -0.479 e. The zero-order valence-electron chi connectivity index (χ0n) is 8.87. The first-order valence-corrected chi connectivity index (χ1v) is 5.64. The maximum Gasteiger partial charge on any atom is 0.336 e. The summed E-state index contributed by atoms with van der Waals surface area (Å²) in [5.74, 6) is -1.05. The van der Waals surface area contributed by atoms with Crippen LogP contribution >= 0.6 is 0 Å². The van der Waals surface area contributed by atoms with Crippen molar-refractivity contribution >= 4 is 5.97 Å². The van der Waals surface area contributed by atoms with E-state index in [-0.39, 0.29) is 0 Å². The van der Waals surface area contributed by atoms with Gasteiger partial charge in [0.15, 0.2) is 5.60 Å². The van der Waals surface area contributed by atoms with Gasteiger partial charge in [0.1, 0.15) is 0 Å². The van der Waals surface area contributed by atoms with Gasteiger partial charge in [-0.2, -0.15) is 0 Å². The van der Waals surface area contributed by atoms with Gasteiger partial charge in [0.25, 0.3) is 0 Å². The Morgan fingerprint density at radius 1 is 1.07 bits per heavy atom. The van der Waals surface area contributed by atoms with Gasteiger partial charge in [-0.25, -0.2) is 4.79 Å². The molecule has 1 unspecified atom stereocenters. The van der Waals surface area contributed by atoms with Crippen LogP contribution in [-0.2, 0) is 9.53 Å². The molecule has 0 radical (unpaired) electrons. The third-order valence-corrected chi connectivity index (χ3v) is 4.12. The summed E-state index contributed by atoms with van der Waals surface area (Å²) in [6.45, 7) is 1.16. The molecule has 2 N–H and O–H groups in total. The maximum atomic E-state index is 11.3. The van der Waals surface area contributed by atoms with Gasteiger partial charge >= 0.3 is 5.97 Å². The van der Waals surface area contributed by atoms with Gasteiger partial charge in [-0.05, 0) is 32.1 Å². The largest absolute Gasteiger partial charge is 0.479 e. The Morgan fingerprint density at radius 3 is 2.27 bits per heavy atom. The number of carboxylic acids is 1. The van der Waals surface area contributed by atoms with E-state index >= 15 is 0 Å². The van der Waals surface area contributed by atoms with Crippen LogP contribution in [0, 0.1) is 5.41 Å². The van der Waals surface area contributed by atoms with Crippen LogP contribution in [0.25, 0.3) is 0 Å². The molecule has 86 valence electrons. The molecule has 1 atom stereocenters. The third-order valence-electron chi connectivity index (χ3n) is 4.12. The Bertz CT molecular complexity index is 249. The third kappa shape index (κ3) is 1.56. The van der Waals surface area contributed by atoms with Gasteiger partial charge in [-0.15, -0.1) is 0 Å². The SMILES string of the molecule is O=C(O)C1(O)CCCCC12CCOCC2. The molecule has 1 saturated carbocycles. The smallest absolute Gasteiger partial charge is 0.336 e. The normalized spacial score (nSPS) is 35.3. The van der Waals surface area contributed by atoms with E-state index < -0.39 is 17.0 Å². The summed E-state index contributed by atoms with van der Waals surface area (Å²) in [4.78, 5) is 11.3. The van der Waals surface area contributed by atoms with Gasteiger partial charge in [-0.3, -0.25) is 0 Å². The monoisotopic (exact) mass is 214 g/mol. The lowest BCUT2D eigenvalue weighted by atomic mass is 9.59. The first kappa shape index (κ1) is 10.9. The lowest BCUT2D eigenvalue weighted by Crippen LogP contribution is -2.58. The van der Waals surface area contributed by atoms with Crippen LogP contribution in [-0.4, -0.2) is 35.0 Å². The van der Waals surface area contributed by atoms with E-state index in [1.807, 2.05) is 0 Å². The van der Waals surface area contributed by atoms with E-state index in [4.69, 9.17) is 4.74 Å². The Balaban J connectivity index is 2.28. The quantitative estimate of drug-likeness (QED) is 0.687. The average Bonchev–Trinajstić information content (AvgIpc) is 2.24. The van der Waals surface area contributed by atoms with Crippen molar-refractivity contribution in [1.82, 2.24) is 0 Å². The molecule has 4 heteroatoms. The highest BCUT2D eigenvalue weighted by Gasteiger charge is 2.56. The van der Waals surface area contributed by atoms with E-state index in [0.717, 1.165) is 19.3 Å². The second-order valence-electron chi connectivity index (χ2n) is 4.77. The molecule has 0 aromatic rings. The predicted molar refractivity (Wildman–Crippen MR) is 53.5 cm³/mol. The van der Waals surface area contributed by atoms with E-state index in [1.165, 1.54) is 0 Å². The zero-order chi connectivity index (χ0) is 10.9. The van der Waals surface area contributed by atoms with E-state index in [0.29, 0.717) is 32.5 Å². The van der Waals surface area contributed by atoms with Crippen LogP contribution in [0.2, 0.25) is 0 Å². The van der Waals surface area contributed by atoms with E-state index in [2.05, 4.69) is 0 Å². The summed E-state index contributed by atoms with van der Waals surface area (Å²) in [5.41, 5.74) is -1.95. The summed E-state index contributed by atoms with van der Waals surface area (Å²) in [7, 11) is 0. The second kappa shape index (κ2) is 3.76. The van der Waals surface area contributed by atoms with Crippen molar-refractivity contribution < 1.29 is 19.7 Å². The highest BCUT2D eigenvalue weighted by Crippen LogP contribution is 2.50. The number of carboxylic acid groups (broad SMARTS) is 1. The zero-order valence-corrected chi connectivity index (χ0v) is 8.87. The summed E-state index contributed by atoms with van der Waals surface area (Å²) < 4.78 is 5.27. The van der Waals surface area contributed by atoms with E-state index in [1.54, 1.807) is 0 Å². The van der Waals surface area contributed by atoms with Crippen molar-refractivity contribution in [1.29, 1.82) is 0 Å². The Kier molecular flexibility index (Phi) is 2.73. The molecule has 0 amide bonds. The number of aliphatic hydroxyl groups is 1. The van der Waals surface area contributed by atoms with Crippen molar-refractivity contribution in [3.05, 3.63) is 0 Å². The first-order valence-electron chi connectivity index (χ1n) is 5.64. The van der Waals surface area contributed by atoms with Crippen LogP contribution < -0.4 is 0 Å². The van der Waals surface area contributed by atoms with Crippen molar-refractivity contribution in [2.75, 3.05) is 13.2 Å². The van der Waals surface area contributed by atoms with Gasteiger partial charge < -0.3 is 14.9 Å². The number of ether oxygens (including phenoxy) is 1. The number of carbonyl (C=O) groups is 1. The fourth-order valence-electron chi connectivity index (χ4n) is 3.08. The number of aliphatic carboxylic acids is 1. The molecule has 1 spiro atoms. The molecule has 1 heterocycles. The molecule has 0 aromatic heterocycles. The topological polar surface area (TPSA) is 66.8 Å². The number of rotatable bonds is 1. The molecule has 0 aromatic carbocycles. The van der Waals surface area contributed by atoms with Crippen LogP contribution in [0.4, 0.5) is 0 Å². The van der Waals surface area contributed by atoms with Crippen molar-refractivity contribution in [3.8, 4) is 0 Å². The van der Waals surface area contributed by atoms with Crippen LogP contribution in [0.3, 0.4) is 0 Å². The van der Waals surface area contributed by atoms with Crippen molar-refractivity contribution in [2.24, 2.45) is 5.41 Å². The Hall–Kier alpha value is -0.610. The molecule has 15 heavy (non-hydrogen) atoms. The summed E-state index contributed by atoms with van der Waals surface area (Å²) in [5, 5.41) is 19.6. The summed E-state index contributed by atoms with van der Waals surface area (Å²) in [6.07, 6.45) is 4.40. The van der Waals surface area contributed by atoms with Gasteiger partial charge in [0.2, 0.25) is 0 Å². The van der Waals surface area contributed by atoms with E-state index in [9.17, 15) is 15.0 Å². The standard InChI is InChI=1S/C11H18O4/c12-9(13)11(14)4-2-1-3-10(11)5-7-15-8-6-10/h14H,1-8H2,(H,12,13). The number of hydrogen-bond donors (Lipinski definition) is 2. The Labute approximate surface area is 89.2 Å². The molecule has 1 saturated heterocycles. The lowest BCUT2D eigenvalue weighted by molar-refractivity contribution is -0.195. The average molecular weight is 214 g/mol. The van der Waals surface area contributed by atoms with Crippen molar-refractivity contribution in [3.63, 3.8) is 0 Å². The molecule has 1 aliphatic carbocycles. The minimum atomic E-state index is -1.52. The predicted octanol–water partition coefficient (Wildman–Crippen LogP) is 1.17. The van der Waals surface area contributed by atoms with Gasteiger partial charge in [0.05, 0.1) is 0 Å². The molecule has 2 aliphatic rings. The summed E-state index contributed by atoms with van der Waals surface area (Å²) >= 11 is 0. The van der Waals surface area contributed by atoms with Crippen molar-refractivity contribution in [2.45, 2.75) is 44.1 Å². The summed E-state index contributed by atoms with van der Waals surface area (Å²) in [6, 6.07) is 0. The van der Waals surface area contributed by atoms with Crippen LogP contribution in [0.15, 0.2) is 0 Å². The molecule has 2 fully saturated rings. The highest BCUT2D eigenvalue weighted by molar-refractivity contribution is 5.78. The highest BCUT2D eigenvalue weighted by atomic mass is 16.5.